The summed E-state index contributed by atoms with van der Waals surface area (Å²) in [6.45, 7) is 0.778. The Balaban J connectivity index is 1.40. The number of alkyl halides is 3. The molecular weight excluding hydrogens is 547 g/mol. The van der Waals surface area contributed by atoms with E-state index in [1.54, 1.807) is 11.4 Å². The maximum atomic E-state index is 14.0. The number of fused-ring (bicyclic) bond motifs is 1. The van der Waals surface area contributed by atoms with E-state index in [9.17, 15) is 37.1 Å². The second-order valence-corrected chi connectivity index (χ2v) is 11.5. The number of ether oxygens (including phenoxy) is 1. The Bertz CT molecular complexity index is 1300. The standard InChI is InChI=1S/C27H32F3N5O6/c1-13(32-25(40)27(28,29)30)22(37)34(2)18(10-14-6-7-14)23(38)35-12-26(11-19(35)21(31)36)24(39)33-17-5-3-4-16(15-8-9-15)20(17)41-26/h3-5,13-15,18-19H,6-12H2,1-2H3,(H2,31,36)(H,32,40)(H,33,39)/t13?,18?,19-,26+/m0/s1. The third-order valence-electron chi connectivity index (χ3n) is 8.29. The maximum absolute atomic E-state index is 14.0. The van der Waals surface area contributed by atoms with Crippen LogP contribution in [0.15, 0.2) is 18.2 Å². The van der Waals surface area contributed by atoms with Crippen molar-refractivity contribution in [3.05, 3.63) is 23.8 Å². The van der Waals surface area contributed by atoms with Crippen LogP contribution in [-0.2, 0) is 24.0 Å². The van der Waals surface area contributed by atoms with Crippen molar-refractivity contribution in [2.45, 2.75) is 81.3 Å². The number of nitrogens with one attached hydrogen (secondary N) is 2. The number of likely N-dealkylation sites (N-methyl/N-ethyl adjacent to an activating group) is 1. The largest absolute Gasteiger partial charge is 0.473 e. The van der Waals surface area contributed by atoms with E-state index >= 15 is 0 Å². The average molecular weight is 580 g/mol. The molecule has 1 spiro atoms. The van der Waals surface area contributed by atoms with Crippen LogP contribution in [0, 0.1) is 5.92 Å². The molecule has 0 radical (unpaired) electrons. The summed E-state index contributed by atoms with van der Waals surface area (Å²) in [5.41, 5.74) is 5.50. The molecule has 41 heavy (non-hydrogen) atoms. The van der Waals surface area contributed by atoms with Gasteiger partial charge < -0.3 is 30.9 Å². The topological polar surface area (TPSA) is 151 Å². The lowest BCUT2D eigenvalue weighted by Gasteiger charge is -2.36. The van der Waals surface area contributed by atoms with E-state index in [4.69, 9.17) is 10.5 Å². The number of anilines is 1. The van der Waals surface area contributed by atoms with Crippen molar-refractivity contribution in [1.29, 1.82) is 0 Å². The van der Waals surface area contributed by atoms with Gasteiger partial charge in [0.1, 0.15) is 23.9 Å². The van der Waals surface area contributed by atoms with Gasteiger partial charge in [-0.15, -0.1) is 0 Å². The number of likely N-dealkylation sites (tertiary alicyclic amines) is 1. The first kappa shape index (κ1) is 28.7. The summed E-state index contributed by atoms with van der Waals surface area (Å²) in [4.78, 5) is 66.5. The van der Waals surface area contributed by atoms with Crippen LogP contribution >= 0.6 is 0 Å². The first-order valence-corrected chi connectivity index (χ1v) is 13.6. The Morgan fingerprint density at radius 2 is 1.90 bits per heavy atom. The van der Waals surface area contributed by atoms with Gasteiger partial charge in [-0.3, -0.25) is 24.0 Å². The summed E-state index contributed by atoms with van der Waals surface area (Å²) in [5, 5.41) is 4.46. The van der Waals surface area contributed by atoms with Gasteiger partial charge in [0.15, 0.2) is 0 Å². The highest BCUT2D eigenvalue weighted by molar-refractivity contribution is 6.04. The molecule has 2 aliphatic carbocycles. The first-order valence-electron chi connectivity index (χ1n) is 13.6. The number of rotatable bonds is 8. The average Bonchev–Trinajstić information content (AvgIpc) is 3.84. The number of nitrogens with zero attached hydrogens (tertiary/aromatic N) is 2. The first-order chi connectivity index (χ1) is 19.2. The van der Waals surface area contributed by atoms with E-state index in [1.165, 1.54) is 7.05 Å². The minimum absolute atomic E-state index is 0.0880. The molecular formula is C27H32F3N5O6. The van der Waals surface area contributed by atoms with Crippen molar-refractivity contribution in [2.75, 3.05) is 18.9 Å². The molecule has 1 aromatic carbocycles. The van der Waals surface area contributed by atoms with Gasteiger partial charge in [-0.25, -0.2) is 0 Å². The zero-order valence-electron chi connectivity index (χ0n) is 22.6. The van der Waals surface area contributed by atoms with Gasteiger partial charge in [0, 0.05) is 13.5 Å². The molecule has 2 unspecified atom stereocenters. The molecule has 5 rings (SSSR count). The summed E-state index contributed by atoms with van der Waals surface area (Å²) in [7, 11) is 1.26. The van der Waals surface area contributed by atoms with Crippen LogP contribution in [0.3, 0.4) is 0 Å². The van der Waals surface area contributed by atoms with Crippen molar-refractivity contribution in [3.8, 4) is 5.75 Å². The van der Waals surface area contributed by atoms with Gasteiger partial charge >= 0.3 is 12.1 Å². The lowest BCUT2D eigenvalue weighted by atomic mass is 9.95. The van der Waals surface area contributed by atoms with Crippen molar-refractivity contribution < 1.29 is 41.9 Å². The number of amides is 5. The third kappa shape index (κ3) is 5.55. The zero-order valence-corrected chi connectivity index (χ0v) is 22.6. The monoisotopic (exact) mass is 579 g/mol. The smallest absolute Gasteiger partial charge is 0.471 e. The van der Waals surface area contributed by atoms with Gasteiger partial charge in [0.25, 0.3) is 5.91 Å². The summed E-state index contributed by atoms with van der Waals surface area (Å²) in [5.74, 6) is -4.41. The molecule has 222 valence electrons. The molecule has 4 N–H and O–H groups in total. The van der Waals surface area contributed by atoms with Crippen LogP contribution in [0.1, 0.15) is 56.9 Å². The minimum atomic E-state index is -5.19. The molecule has 2 saturated carbocycles. The Morgan fingerprint density at radius 1 is 1.22 bits per heavy atom. The number of carbonyl (C=O) groups excluding carboxylic acids is 5. The fraction of sp³-hybridized carbons (Fsp3) is 0.593. The van der Waals surface area contributed by atoms with E-state index < -0.39 is 59.4 Å². The van der Waals surface area contributed by atoms with E-state index in [-0.39, 0.29) is 31.2 Å². The van der Waals surface area contributed by atoms with Gasteiger partial charge in [0.2, 0.25) is 23.3 Å². The maximum Gasteiger partial charge on any atom is 0.471 e. The van der Waals surface area contributed by atoms with Crippen LogP contribution in [0.4, 0.5) is 18.9 Å². The molecule has 0 aromatic heterocycles. The van der Waals surface area contributed by atoms with Crippen molar-refractivity contribution in [3.63, 3.8) is 0 Å². The third-order valence-corrected chi connectivity index (χ3v) is 8.29. The minimum Gasteiger partial charge on any atom is -0.473 e. The molecule has 0 bridgehead atoms. The predicted molar refractivity (Wildman–Crippen MR) is 137 cm³/mol. The van der Waals surface area contributed by atoms with E-state index in [0.29, 0.717) is 11.4 Å². The Morgan fingerprint density at radius 3 is 2.49 bits per heavy atom. The summed E-state index contributed by atoms with van der Waals surface area (Å²) >= 11 is 0. The van der Waals surface area contributed by atoms with E-state index in [2.05, 4.69) is 5.32 Å². The number of halogens is 3. The highest BCUT2D eigenvalue weighted by Gasteiger charge is 2.58. The van der Waals surface area contributed by atoms with Crippen LogP contribution in [0.2, 0.25) is 0 Å². The number of primary amides is 1. The normalized spacial score (nSPS) is 25.0. The molecule has 11 nitrogen and oxygen atoms in total. The number of para-hydroxylation sites is 1. The fourth-order valence-corrected chi connectivity index (χ4v) is 5.64. The molecule has 4 aliphatic rings. The number of hydrogen-bond acceptors (Lipinski definition) is 6. The summed E-state index contributed by atoms with van der Waals surface area (Å²) < 4.78 is 44.6. The number of carbonyl (C=O) groups is 5. The van der Waals surface area contributed by atoms with Gasteiger partial charge in [-0.1, -0.05) is 25.0 Å². The van der Waals surface area contributed by atoms with Crippen molar-refractivity contribution in [1.82, 2.24) is 15.1 Å². The molecule has 4 atom stereocenters. The van der Waals surface area contributed by atoms with Crippen molar-refractivity contribution >= 4 is 35.2 Å². The number of hydrogen-bond donors (Lipinski definition) is 3. The predicted octanol–water partition coefficient (Wildman–Crippen LogP) is 1.41. The highest BCUT2D eigenvalue weighted by Crippen LogP contribution is 2.50. The van der Waals surface area contributed by atoms with Crippen LogP contribution in [0.25, 0.3) is 0 Å². The van der Waals surface area contributed by atoms with Crippen LogP contribution in [-0.4, -0.2) is 82.8 Å². The zero-order chi connectivity index (χ0) is 29.9. The number of nitrogens with two attached hydrogens (primary N) is 1. The molecule has 1 saturated heterocycles. The Hall–Kier alpha value is -3.84. The SMILES string of the molecule is CC(NC(=O)C(F)(F)F)C(=O)N(C)C(CC1CC1)C(=O)N1C[C@@]2(C[C@H]1C(N)=O)Oc1c(cccc1C1CC1)NC2=O. The quantitative estimate of drug-likeness (QED) is 0.424. The second kappa shape index (κ2) is 10.2. The lowest BCUT2D eigenvalue weighted by molar-refractivity contribution is -0.175. The van der Waals surface area contributed by atoms with E-state index in [0.717, 1.165) is 48.0 Å². The van der Waals surface area contributed by atoms with E-state index in [1.807, 2.05) is 12.1 Å². The summed E-state index contributed by atoms with van der Waals surface area (Å²) in [6, 6.07) is 1.47. The van der Waals surface area contributed by atoms with Crippen molar-refractivity contribution in [2.24, 2.45) is 11.7 Å². The lowest BCUT2D eigenvalue weighted by Crippen LogP contribution is -2.58. The molecule has 3 fully saturated rings. The fourth-order valence-electron chi connectivity index (χ4n) is 5.64. The molecule has 1 aromatic rings. The van der Waals surface area contributed by atoms with Gasteiger partial charge in [-0.05, 0) is 49.7 Å². The number of benzene rings is 1. The molecule has 2 heterocycles. The van der Waals surface area contributed by atoms with Crippen LogP contribution in [0.5, 0.6) is 5.75 Å². The molecule has 14 heteroatoms. The highest BCUT2D eigenvalue weighted by atomic mass is 19.4. The molecule has 2 aliphatic heterocycles. The summed E-state index contributed by atoms with van der Waals surface area (Å²) in [6.07, 6.45) is -1.67. The van der Waals surface area contributed by atoms with Gasteiger partial charge in [0.05, 0.1) is 12.2 Å². The van der Waals surface area contributed by atoms with Gasteiger partial charge in [-0.2, -0.15) is 13.2 Å². The molecule has 5 amide bonds. The van der Waals surface area contributed by atoms with Crippen LogP contribution < -0.4 is 21.1 Å². The second-order valence-electron chi connectivity index (χ2n) is 11.5. The Kier molecular flexibility index (Phi) is 7.14. The Labute approximate surface area is 233 Å².